The van der Waals surface area contributed by atoms with Gasteiger partial charge in [-0.15, -0.1) is 0 Å². The zero-order valence-corrected chi connectivity index (χ0v) is 11.9. The summed E-state index contributed by atoms with van der Waals surface area (Å²) in [5, 5.41) is 3.37. The van der Waals surface area contributed by atoms with Gasteiger partial charge in [0.25, 0.3) is 0 Å². The zero-order chi connectivity index (χ0) is 13.7. The Kier molecular flexibility index (Phi) is 4.59. The summed E-state index contributed by atoms with van der Waals surface area (Å²) in [6, 6.07) is 8.59. The molecule has 1 fully saturated rings. The van der Waals surface area contributed by atoms with E-state index in [2.05, 4.69) is 36.5 Å². The third kappa shape index (κ3) is 3.35. The second kappa shape index (κ2) is 6.20. The fraction of sp³-hybridized carbons (Fsp3) is 0.562. The lowest BCUT2D eigenvalue weighted by Crippen LogP contribution is -2.41. The van der Waals surface area contributed by atoms with Crippen molar-refractivity contribution in [1.29, 1.82) is 0 Å². The summed E-state index contributed by atoms with van der Waals surface area (Å²) in [4.78, 5) is 11.9. The van der Waals surface area contributed by atoms with E-state index in [-0.39, 0.29) is 11.4 Å². The number of piperidine rings is 1. The molecule has 0 spiro atoms. The summed E-state index contributed by atoms with van der Waals surface area (Å²) in [5.74, 6) is -0.0787. The summed E-state index contributed by atoms with van der Waals surface area (Å²) in [6.07, 6.45) is 2.48. The molecule has 1 aliphatic rings. The van der Waals surface area contributed by atoms with Crippen LogP contribution in [0.1, 0.15) is 37.3 Å². The first-order valence-electron chi connectivity index (χ1n) is 7.10. The van der Waals surface area contributed by atoms with Gasteiger partial charge in [-0.2, -0.15) is 0 Å². The molecule has 1 N–H and O–H groups in total. The van der Waals surface area contributed by atoms with Gasteiger partial charge in [0.2, 0.25) is 0 Å². The number of hydrogen-bond donors (Lipinski definition) is 1. The molecule has 0 amide bonds. The minimum Gasteiger partial charge on any atom is -0.466 e. The average molecular weight is 261 g/mol. The highest BCUT2D eigenvalue weighted by atomic mass is 16.5. The van der Waals surface area contributed by atoms with Crippen LogP contribution < -0.4 is 5.32 Å². The van der Waals surface area contributed by atoms with Crippen LogP contribution in [-0.4, -0.2) is 25.7 Å². The highest BCUT2D eigenvalue weighted by Crippen LogP contribution is 2.37. The molecule has 0 atom stereocenters. The lowest BCUT2D eigenvalue weighted by atomic mass is 9.71. The van der Waals surface area contributed by atoms with Crippen LogP contribution >= 0.6 is 0 Å². The van der Waals surface area contributed by atoms with Crippen LogP contribution in [-0.2, 0) is 14.9 Å². The third-order valence-electron chi connectivity index (χ3n) is 4.01. The maximum atomic E-state index is 11.9. The number of nitrogens with one attached hydrogen (secondary N) is 1. The van der Waals surface area contributed by atoms with Gasteiger partial charge < -0.3 is 10.1 Å². The Morgan fingerprint density at radius 3 is 2.47 bits per heavy atom. The Labute approximate surface area is 115 Å². The van der Waals surface area contributed by atoms with Crippen LogP contribution in [0, 0.1) is 6.92 Å². The fourth-order valence-electron chi connectivity index (χ4n) is 2.87. The maximum absolute atomic E-state index is 11.9. The standard InChI is InChI=1S/C16H23NO2/c1-3-19-15(18)12-16(8-10-17-11-9-16)14-6-4-13(2)5-7-14/h4-7,17H,3,8-12H2,1-2H3. The molecule has 0 unspecified atom stereocenters. The van der Waals surface area contributed by atoms with Crippen molar-refractivity contribution >= 4 is 5.97 Å². The van der Waals surface area contributed by atoms with E-state index in [1.165, 1.54) is 11.1 Å². The third-order valence-corrected chi connectivity index (χ3v) is 4.01. The monoisotopic (exact) mass is 261 g/mol. The SMILES string of the molecule is CCOC(=O)CC1(c2ccc(C)cc2)CCNCC1. The Hall–Kier alpha value is -1.35. The number of aryl methyl sites for hydroxylation is 1. The molecule has 1 aromatic rings. The number of esters is 1. The highest BCUT2D eigenvalue weighted by molar-refractivity contribution is 5.71. The smallest absolute Gasteiger partial charge is 0.306 e. The number of hydrogen-bond acceptors (Lipinski definition) is 3. The minimum absolute atomic E-state index is 0.0504. The van der Waals surface area contributed by atoms with Crippen molar-refractivity contribution in [3.05, 3.63) is 35.4 Å². The lowest BCUT2D eigenvalue weighted by Gasteiger charge is -2.37. The molecule has 1 saturated heterocycles. The van der Waals surface area contributed by atoms with Gasteiger partial charge in [-0.1, -0.05) is 29.8 Å². The Morgan fingerprint density at radius 1 is 1.26 bits per heavy atom. The van der Waals surface area contributed by atoms with E-state index in [1.54, 1.807) is 0 Å². The first-order valence-corrected chi connectivity index (χ1v) is 7.10. The van der Waals surface area contributed by atoms with Gasteiger partial charge in [-0.25, -0.2) is 0 Å². The van der Waals surface area contributed by atoms with Crippen molar-refractivity contribution in [2.24, 2.45) is 0 Å². The van der Waals surface area contributed by atoms with Gasteiger partial charge in [0.05, 0.1) is 13.0 Å². The topological polar surface area (TPSA) is 38.3 Å². The van der Waals surface area contributed by atoms with E-state index >= 15 is 0 Å². The molecule has 104 valence electrons. The zero-order valence-electron chi connectivity index (χ0n) is 11.9. The highest BCUT2D eigenvalue weighted by Gasteiger charge is 2.36. The molecule has 2 rings (SSSR count). The van der Waals surface area contributed by atoms with Gasteiger partial charge in [-0.05, 0) is 45.3 Å². The fourth-order valence-corrected chi connectivity index (χ4v) is 2.87. The summed E-state index contributed by atoms with van der Waals surface area (Å²) < 4.78 is 5.16. The molecular formula is C16H23NO2. The van der Waals surface area contributed by atoms with Crippen LogP contribution in [0.4, 0.5) is 0 Å². The summed E-state index contributed by atoms with van der Waals surface area (Å²) in [7, 11) is 0. The normalized spacial score (nSPS) is 18.0. The van der Waals surface area contributed by atoms with Gasteiger partial charge in [0.1, 0.15) is 0 Å². The van der Waals surface area contributed by atoms with Crippen LogP contribution in [0.25, 0.3) is 0 Å². The molecule has 0 saturated carbocycles. The van der Waals surface area contributed by atoms with Crippen molar-refractivity contribution in [2.45, 2.75) is 38.5 Å². The molecule has 0 bridgehead atoms. The van der Waals surface area contributed by atoms with Gasteiger partial charge in [0.15, 0.2) is 0 Å². The van der Waals surface area contributed by atoms with Crippen LogP contribution in [0.5, 0.6) is 0 Å². The largest absolute Gasteiger partial charge is 0.466 e. The number of rotatable bonds is 4. The average Bonchev–Trinajstić information content (AvgIpc) is 2.40. The van der Waals surface area contributed by atoms with Gasteiger partial charge >= 0.3 is 5.97 Å². The molecular weight excluding hydrogens is 238 g/mol. The van der Waals surface area contributed by atoms with E-state index in [9.17, 15) is 4.79 Å². The predicted octanol–water partition coefficient (Wildman–Crippen LogP) is 2.57. The maximum Gasteiger partial charge on any atom is 0.306 e. The Balaban J connectivity index is 2.23. The summed E-state index contributed by atoms with van der Waals surface area (Å²) in [5.41, 5.74) is 2.47. The second-order valence-electron chi connectivity index (χ2n) is 5.38. The van der Waals surface area contributed by atoms with Gasteiger partial charge in [-0.3, -0.25) is 4.79 Å². The van der Waals surface area contributed by atoms with Gasteiger partial charge in [0, 0.05) is 5.41 Å². The molecule has 1 heterocycles. The first-order chi connectivity index (χ1) is 9.16. The van der Waals surface area contributed by atoms with Crippen LogP contribution in [0.2, 0.25) is 0 Å². The van der Waals surface area contributed by atoms with Crippen LogP contribution in [0.15, 0.2) is 24.3 Å². The van der Waals surface area contributed by atoms with Crippen molar-refractivity contribution in [3.8, 4) is 0 Å². The Morgan fingerprint density at radius 2 is 1.89 bits per heavy atom. The molecule has 1 aliphatic heterocycles. The molecule has 0 radical (unpaired) electrons. The molecule has 19 heavy (non-hydrogen) atoms. The predicted molar refractivity (Wildman–Crippen MR) is 76.2 cm³/mol. The van der Waals surface area contributed by atoms with E-state index < -0.39 is 0 Å². The quantitative estimate of drug-likeness (QED) is 0.847. The number of ether oxygens (including phenoxy) is 1. The van der Waals surface area contributed by atoms with Crippen molar-refractivity contribution < 1.29 is 9.53 Å². The number of benzene rings is 1. The summed E-state index contributed by atoms with van der Waals surface area (Å²) in [6.45, 7) is 6.34. The minimum atomic E-state index is -0.0787. The van der Waals surface area contributed by atoms with E-state index in [0.717, 1.165) is 25.9 Å². The van der Waals surface area contributed by atoms with Crippen LogP contribution in [0.3, 0.4) is 0 Å². The number of carbonyl (C=O) groups excluding carboxylic acids is 1. The number of carbonyl (C=O) groups is 1. The Bertz CT molecular complexity index is 419. The van der Waals surface area contributed by atoms with E-state index in [1.807, 2.05) is 6.92 Å². The van der Waals surface area contributed by atoms with E-state index in [0.29, 0.717) is 13.0 Å². The molecule has 0 aromatic heterocycles. The van der Waals surface area contributed by atoms with Crippen molar-refractivity contribution in [2.75, 3.05) is 19.7 Å². The lowest BCUT2D eigenvalue weighted by molar-refractivity contribution is -0.145. The van der Waals surface area contributed by atoms with Crippen molar-refractivity contribution in [1.82, 2.24) is 5.32 Å². The second-order valence-corrected chi connectivity index (χ2v) is 5.38. The molecule has 3 heteroatoms. The first kappa shape index (κ1) is 14.1. The van der Waals surface area contributed by atoms with Crippen molar-refractivity contribution in [3.63, 3.8) is 0 Å². The molecule has 1 aromatic carbocycles. The molecule has 3 nitrogen and oxygen atoms in total. The van der Waals surface area contributed by atoms with E-state index in [4.69, 9.17) is 4.74 Å². The summed E-state index contributed by atoms with van der Waals surface area (Å²) >= 11 is 0. The molecule has 0 aliphatic carbocycles.